The van der Waals surface area contributed by atoms with E-state index in [1.807, 2.05) is 17.5 Å². The maximum Gasteiger partial charge on any atom is 0.273 e. The van der Waals surface area contributed by atoms with Crippen LogP contribution in [0.1, 0.15) is 16.1 Å². The fourth-order valence-electron chi connectivity index (χ4n) is 1.84. The van der Waals surface area contributed by atoms with Crippen molar-refractivity contribution in [2.45, 2.75) is 17.3 Å². The minimum absolute atomic E-state index is 0.218. The van der Waals surface area contributed by atoms with Gasteiger partial charge in [-0.15, -0.1) is 21.5 Å². The van der Waals surface area contributed by atoms with Crippen LogP contribution in [0.5, 0.6) is 0 Å². The van der Waals surface area contributed by atoms with Crippen LogP contribution in [0.2, 0.25) is 0 Å². The quantitative estimate of drug-likeness (QED) is 0.728. The molecule has 2 heterocycles. The summed E-state index contributed by atoms with van der Waals surface area (Å²) in [7, 11) is 0. The second kappa shape index (κ2) is 6.85. The van der Waals surface area contributed by atoms with Gasteiger partial charge in [-0.3, -0.25) is 9.78 Å². The SMILES string of the molecule is O=c1[nH]c(SCc2ccc(F)cc2)nnc1Cc1cccs1. The average Bonchev–Trinajstić information content (AvgIpc) is 3.02. The second-order valence-electron chi connectivity index (χ2n) is 4.58. The Morgan fingerprint density at radius 1 is 1.18 bits per heavy atom. The molecule has 0 fully saturated rings. The van der Waals surface area contributed by atoms with Crippen molar-refractivity contribution >= 4 is 23.1 Å². The molecule has 0 bridgehead atoms. The first-order chi connectivity index (χ1) is 10.7. The first-order valence-corrected chi connectivity index (χ1v) is 8.43. The van der Waals surface area contributed by atoms with Crippen LogP contribution in [-0.4, -0.2) is 15.2 Å². The molecule has 0 unspecified atom stereocenters. The smallest absolute Gasteiger partial charge is 0.273 e. The molecule has 0 saturated heterocycles. The summed E-state index contributed by atoms with van der Waals surface area (Å²) < 4.78 is 12.8. The van der Waals surface area contributed by atoms with E-state index in [1.54, 1.807) is 23.5 Å². The molecule has 7 heteroatoms. The summed E-state index contributed by atoms with van der Waals surface area (Å²) in [6.07, 6.45) is 0.489. The number of benzene rings is 1. The van der Waals surface area contributed by atoms with Crippen molar-refractivity contribution in [3.05, 3.63) is 74.1 Å². The molecule has 1 N–H and O–H groups in total. The Balaban J connectivity index is 1.66. The highest BCUT2D eigenvalue weighted by Crippen LogP contribution is 2.18. The topological polar surface area (TPSA) is 58.6 Å². The van der Waals surface area contributed by atoms with E-state index in [0.29, 0.717) is 23.0 Å². The number of rotatable bonds is 5. The van der Waals surface area contributed by atoms with Crippen LogP contribution in [0.15, 0.2) is 51.7 Å². The molecule has 0 spiro atoms. The largest absolute Gasteiger partial charge is 0.298 e. The zero-order valence-electron chi connectivity index (χ0n) is 11.5. The molecule has 1 aromatic carbocycles. The maximum atomic E-state index is 12.8. The summed E-state index contributed by atoms with van der Waals surface area (Å²) in [6.45, 7) is 0. The Bertz CT molecular complexity index is 800. The zero-order chi connectivity index (χ0) is 15.4. The summed E-state index contributed by atoms with van der Waals surface area (Å²) in [6, 6.07) is 10.1. The van der Waals surface area contributed by atoms with Crippen molar-refractivity contribution in [2.75, 3.05) is 0 Å². The highest BCUT2D eigenvalue weighted by molar-refractivity contribution is 7.98. The van der Waals surface area contributed by atoms with Crippen molar-refractivity contribution in [2.24, 2.45) is 0 Å². The third kappa shape index (κ3) is 3.80. The van der Waals surface area contributed by atoms with E-state index < -0.39 is 0 Å². The number of thiophene rings is 1. The van der Waals surface area contributed by atoms with Gasteiger partial charge in [0.25, 0.3) is 5.56 Å². The maximum absolute atomic E-state index is 12.8. The lowest BCUT2D eigenvalue weighted by Crippen LogP contribution is -2.17. The molecule has 3 aromatic rings. The van der Waals surface area contributed by atoms with Gasteiger partial charge in [-0.1, -0.05) is 30.0 Å². The lowest BCUT2D eigenvalue weighted by atomic mass is 10.2. The third-order valence-corrected chi connectivity index (χ3v) is 4.77. The number of aromatic nitrogens is 3. The molecule has 0 aliphatic carbocycles. The van der Waals surface area contributed by atoms with E-state index >= 15 is 0 Å². The van der Waals surface area contributed by atoms with E-state index in [-0.39, 0.29) is 11.4 Å². The van der Waals surface area contributed by atoms with E-state index in [9.17, 15) is 9.18 Å². The Labute approximate surface area is 134 Å². The number of hydrogen-bond donors (Lipinski definition) is 1. The molecule has 0 aliphatic rings. The molecule has 112 valence electrons. The van der Waals surface area contributed by atoms with Crippen LogP contribution in [0.4, 0.5) is 4.39 Å². The summed E-state index contributed by atoms with van der Waals surface area (Å²) in [5, 5.41) is 10.5. The van der Waals surface area contributed by atoms with Crippen LogP contribution >= 0.6 is 23.1 Å². The Morgan fingerprint density at radius 3 is 2.68 bits per heavy atom. The third-order valence-electron chi connectivity index (χ3n) is 2.95. The summed E-state index contributed by atoms with van der Waals surface area (Å²) in [5.74, 6) is 0.328. The predicted molar refractivity (Wildman–Crippen MR) is 85.7 cm³/mol. The van der Waals surface area contributed by atoms with Gasteiger partial charge in [0.05, 0.1) is 0 Å². The average molecular weight is 333 g/mol. The number of H-pyrrole nitrogens is 1. The van der Waals surface area contributed by atoms with Gasteiger partial charge in [0.1, 0.15) is 11.5 Å². The minimum atomic E-state index is -0.264. The van der Waals surface area contributed by atoms with Crippen LogP contribution < -0.4 is 5.56 Å². The van der Waals surface area contributed by atoms with Crippen molar-refractivity contribution in [1.82, 2.24) is 15.2 Å². The lowest BCUT2D eigenvalue weighted by Gasteiger charge is -2.02. The molecular formula is C15H12FN3OS2. The first-order valence-electron chi connectivity index (χ1n) is 6.56. The molecule has 0 atom stereocenters. The molecule has 0 saturated carbocycles. The molecule has 3 rings (SSSR count). The van der Waals surface area contributed by atoms with Gasteiger partial charge in [-0.2, -0.15) is 0 Å². The van der Waals surface area contributed by atoms with E-state index in [2.05, 4.69) is 15.2 Å². The molecule has 22 heavy (non-hydrogen) atoms. The van der Waals surface area contributed by atoms with Gasteiger partial charge in [0.2, 0.25) is 0 Å². The fraction of sp³-hybridized carbons (Fsp3) is 0.133. The van der Waals surface area contributed by atoms with E-state index in [4.69, 9.17) is 0 Å². The molecular weight excluding hydrogens is 321 g/mol. The zero-order valence-corrected chi connectivity index (χ0v) is 13.1. The fourth-order valence-corrected chi connectivity index (χ4v) is 3.30. The van der Waals surface area contributed by atoms with Crippen molar-refractivity contribution < 1.29 is 4.39 Å². The molecule has 2 aromatic heterocycles. The van der Waals surface area contributed by atoms with Gasteiger partial charge >= 0.3 is 0 Å². The number of hydrogen-bond acceptors (Lipinski definition) is 5. The van der Waals surface area contributed by atoms with Crippen molar-refractivity contribution in [3.8, 4) is 0 Å². The molecule has 0 aliphatic heterocycles. The Hall–Kier alpha value is -1.99. The summed E-state index contributed by atoms with van der Waals surface area (Å²) in [4.78, 5) is 15.8. The van der Waals surface area contributed by atoms with E-state index in [1.165, 1.54) is 23.9 Å². The summed E-state index contributed by atoms with van der Waals surface area (Å²) >= 11 is 2.94. The lowest BCUT2D eigenvalue weighted by molar-refractivity contribution is 0.627. The number of aromatic amines is 1. The number of nitrogens with zero attached hydrogens (tertiary/aromatic N) is 2. The van der Waals surface area contributed by atoms with Gasteiger partial charge in [0.15, 0.2) is 5.16 Å². The Kier molecular flexibility index (Phi) is 4.65. The van der Waals surface area contributed by atoms with Gasteiger partial charge in [-0.05, 0) is 29.1 Å². The number of thioether (sulfide) groups is 1. The van der Waals surface area contributed by atoms with E-state index in [0.717, 1.165) is 10.4 Å². The Morgan fingerprint density at radius 2 is 2.00 bits per heavy atom. The van der Waals surface area contributed by atoms with Crippen LogP contribution in [-0.2, 0) is 12.2 Å². The second-order valence-corrected chi connectivity index (χ2v) is 6.57. The number of halogens is 1. The molecule has 0 amide bonds. The van der Waals surface area contributed by atoms with Crippen molar-refractivity contribution in [1.29, 1.82) is 0 Å². The standard InChI is InChI=1S/C15H12FN3OS2/c16-11-5-3-10(4-6-11)9-22-15-17-14(20)13(18-19-15)8-12-2-1-7-21-12/h1-7H,8-9H2,(H,17,19,20). The van der Waals surface area contributed by atoms with Gasteiger partial charge in [-0.25, -0.2) is 4.39 Å². The minimum Gasteiger partial charge on any atom is -0.298 e. The normalized spacial score (nSPS) is 10.8. The van der Waals surface area contributed by atoms with Gasteiger partial charge < -0.3 is 0 Å². The number of nitrogens with one attached hydrogen (secondary N) is 1. The van der Waals surface area contributed by atoms with Crippen molar-refractivity contribution in [3.63, 3.8) is 0 Å². The first kappa shape index (κ1) is 14.9. The molecule has 0 radical (unpaired) electrons. The highest BCUT2D eigenvalue weighted by Gasteiger charge is 2.07. The summed E-state index contributed by atoms with van der Waals surface area (Å²) in [5.41, 5.74) is 1.15. The van der Waals surface area contributed by atoms with Gasteiger partial charge in [0, 0.05) is 17.1 Å². The predicted octanol–water partition coefficient (Wildman–Crippen LogP) is 3.25. The highest BCUT2D eigenvalue weighted by atomic mass is 32.2. The van der Waals surface area contributed by atoms with Crippen LogP contribution in [0.3, 0.4) is 0 Å². The molecule has 4 nitrogen and oxygen atoms in total. The van der Waals surface area contributed by atoms with Crippen LogP contribution in [0, 0.1) is 5.82 Å². The van der Waals surface area contributed by atoms with Crippen LogP contribution in [0.25, 0.3) is 0 Å². The monoisotopic (exact) mass is 333 g/mol.